The number of hydrogen-bond acceptors (Lipinski definition) is 5. The summed E-state index contributed by atoms with van der Waals surface area (Å²) in [5, 5.41) is 5.19. The van der Waals surface area contributed by atoms with Crippen LogP contribution in [0.25, 0.3) is 11.0 Å². The van der Waals surface area contributed by atoms with Crippen LogP contribution < -0.4 is 22.1 Å². The molecule has 5 amide bonds. The zero-order valence-corrected chi connectivity index (χ0v) is 20.2. The fraction of sp³-hybridized carbons (Fsp3) is 0.320. The topological polar surface area (TPSA) is 149 Å². The van der Waals surface area contributed by atoms with E-state index in [0.29, 0.717) is 29.6 Å². The van der Waals surface area contributed by atoms with Crippen LogP contribution in [-0.2, 0) is 40.3 Å². The highest BCUT2D eigenvalue weighted by atomic mass is 16.2. The first-order valence-electron chi connectivity index (χ1n) is 11.5. The molecular formula is C25H26N6O5. The van der Waals surface area contributed by atoms with Crippen LogP contribution in [0, 0.1) is 13.8 Å². The predicted molar refractivity (Wildman–Crippen MR) is 131 cm³/mol. The molecule has 0 radical (unpaired) electrons. The zero-order chi connectivity index (χ0) is 25.9. The third kappa shape index (κ3) is 3.55. The van der Waals surface area contributed by atoms with Crippen molar-refractivity contribution in [3.05, 3.63) is 63.1 Å². The second-order valence-corrected chi connectivity index (χ2v) is 9.61. The Morgan fingerprint density at radius 1 is 1.03 bits per heavy atom. The van der Waals surface area contributed by atoms with Crippen molar-refractivity contribution in [3.63, 3.8) is 0 Å². The molecule has 0 bridgehead atoms. The molecule has 1 atom stereocenters. The van der Waals surface area contributed by atoms with Gasteiger partial charge in [0.2, 0.25) is 11.8 Å². The highest BCUT2D eigenvalue weighted by Gasteiger charge is 2.54. The molecule has 2 aliphatic rings. The van der Waals surface area contributed by atoms with Gasteiger partial charge in [-0.2, -0.15) is 0 Å². The van der Waals surface area contributed by atoms with Crippen LogP contribution in [0.1, 0.15) is 22.3 Å². The van der Waals surface area contributed by atoms with Crippen LogP contribution in [0.15, 0.2) is 35.1 Å². The molecule has 0 saturated carbocycles. The van der Waals surface area contributed by atoms with Gasteiger partial charge in [-0.15, -0.1) is 0 Å². The number of nitrogens with one attached hydrogen (secondary N) is 2. The Morgan fingerprint density at radius 2 is 1.75 bits per heavy atom. The normalized spacial score (nSPS) is 18.7. The maximum Gasteiger partial charge on any atom is 0.330 e. The Kier molecular flexibility index (Phi) is 5.24. The van der Waals surface area contributed by atoms with E-state index in [4.69, 9.17) is 5.73 Å². The van der Waals surface area contributed by atoms with Crippen molar-refractivity contribution in [2.75, 3.05) is 12.4 Å². The average molecular weight is 491 g/mol. The first-order chi connectivity index (χ1) is 17.0. The van der Waals surface area contributed by atoms with Crippen LogP contribution in [0.5, 0.6) is 0 Å². The second-order valence-electron chi connectivity index (χ2n) is 9.61. The Hall–Kier alpha value is -4.41. The molecule has 1 unspecified atom stereocenters. The second kappa shape index (κ2) is 8.08. The monoisotopic (exact) mass is 490 g/mol. The number of fused-ring (bicyclic) bond motifs is 2. The minimum atomic E-state index is -0.951. The fourth-order valence-electron chi connectivity index (χ4n) is 5.41. The van der Waals surface area contributed by atoms with E-state index in [2.05, 4.69) is 10.6 Å². The molecule has 4 N–H and O–H groups in total. The van der Waals surface area contributed by atoms with Crippen LogP contribution >= 0.6 is 0 Å². The molecular weight excluding hydrogens is 464 g/mol. The van der Waals surface area contributed by atoms with E-state index >= 15 is 0 Å². The summed E-state index contributed by atoms with van der Waals surface area (Å²) in [5.74, 6) is -1.40. The number of anilines is 1. The van der Waals surface area contributed by atoms with Gasteiger partial charge in [0.25, 0.3) is 5.91 Å². The van der Waals surface area contributed by atoms with Crippen molar-refractivity contribution < 1.29 is 19.2 Å². The van der Waals surface area contributed by atoms with Crippen molar-refractivity contribution in [2.45, 2.75) is 45.3 Å². The lowest BCUT2D eigenvalue weighted by atomic mass is 9.95. The number of benzene rings is 2. The third-order valence-corrected chi connectivity index (χ3v) is 7.11. The van der Waals surface area contributed by atoms with Crippen LogP contribution in [0.4, 0.5) is 10.5 Å². The van der Waals surface area contributed by atoms with Gasteiger partial charge in [-0.3, -0.25) is 28.8 Å². The zero-order valence-electron chi connectivity index (χ0n) is 20.2. The van der Waals surface area contributed by atoms with Crippen molar-refractivity contribution in [1.82, 2.24) is 19.4 Å². The number of hydrogen-bond donors (Lipinski definition) is 3. The van der Waals surface area contributed by atoms with Gasteiger partial charge in [0.05, 0.1) is 11.0 Å². The molecule has 2 aromatic carbocycles. The third-order valence-electron chi connectivity index (χ3n) is 7.11. The number of likely N-dealkylation sites (N-methyl/N-ethyl adjacent to an activating group) is 1. The molecule has 2 heterocycles. The molecule has 1 spiro atoms. The predicted octanol–water partition coefficient (Wildman–Crippen LogP) is 0.563. The van der Waals surface area contributed by atoms with Gasteiger partial charge >= 0.3 is 11.7 Å². The summed E-state index contributed by atoms with van der Waals surface area (Å²) in [7, 11) is 1.60. The maximum atomic E-state index is 13.1. The fourth-order valence-corrected chi connectivity index (χ4v) is 5.41. The van der Waals surface area contributed by atoms with E-state index in [1.165, 1.54) is 14.0 Å². The highest BCUT2D eigenvalue weighted by Crippen LogP contribution is 2.38. The first-order valence-corrected chi connectivity index (χ1v) is 11.5. The molecule has 11 heteroatoms. The lowest BCUT2D eigenvalue weighted by Crippen LogP contribution is -2.48. The van der Waals surface area contributed by atoms with Crippen molar-refractivity contribution in [2.24, 2.45) is 5.73 Å². The summed E-state index contributed by atoms with van der Waals surface area (Å²) < 4.78 is 2.62. The SMILES string of the molecule is Cc1cc(C)c2c(c1)n(CC(=O)Nc1ccc3c(c1)CC1(C3)C(=O)NC(=O)N1C)c(=O)n2CC(N)=O. The smallest absolute Gasteiger partial charge is 0.330 e. The lowest BCUT2D eigenvalue weighted by molar-refractivity contribution is -0.126. The lowest BCUT2D eigenvalue weighted by Gasteiger charge is -2.27. The average Bonchev–Trinajstić information content (AvgIpc) is 3.36. The van der Waals surface area contributed by atoms with Gasteiger partial charge in [0, 0.05) is 25.6 Å². The van der Waals surface area contributed by atoms with Crippen molar-refractivity contribution in [3.8, 4) is 0 Å². The molecule has 186 valence electrons. The number of nitrogens with two attached hydrogens (primary N) is 1. The van der Waals surface area contributed by atoms with E-state index < -0.39 is 29.1 Å². The molecule has 5 rings (SSSR count). The molecule has 1 aromatic heterocycles. The van der Waals surface area contributed by atoms with E-state index in [1.807, 2.05) is 26.0 Å². The number of nitrogens with zero attached hydrogens (tertiary/aromatic N) is 3. The Labute approximate surface area is 205 Å². The van der Waals surface area contributed by atoms with E-state index in [0.717, 1.165) is 22.3 Å². The number of imidazole rings is 1. The summed E-state index contributed by atoms with van der Waals surface area (Å²) >= 11 is 0. The Balaban J connectivity index is 1.41. The minimum Gasteiger partial charge on any atom is -0.368 e. The largest absolute Gasteiger partial charge is 0.368 e. The maximum absolute atomic E-state index is 13.1. The van der Waals surface area contributed by atoms with Crippen LogP contribution in [0.3, 0.4) is 0 Å². The number of carbonyl (C=O) groups is 4. The highest BCUT2D eigenvalue weighted by molar-refractivity contribution is 6.07. The number of urea groups is 1. The van der Waals surface area contributed by atoms with Gasteiger partial charge in [-0.05, 0) is 54.3 Å². The van der Waals surface area contributed by atoms with E-state index in [9.17, 15) is 24.0 Å². The number of rotatable bonds is 5. The van der Waals surface area contributed by atoms with Gasteiger partial charge in [0.15, 0.2) is 0 Å². The van der Waals surface area contributed by atoms with E-state index in [-0.39, 0.29) is 19.0 Å². The van der Waals surface area contributed by atoms with Crippen molar-refractivity contribution >= 4 is 40.5 Å². The minimum absolute atomic E-state index is 0.259. The van der Waals surface area contributed by atoms with Gasteiger partial charge in [0.1, 0.15) is 18.6 Å². The number of carbonyl (C=O) groups excluding carboxylic acids is 4. The van der Waals surface area contributed by atoms with E-state index in [1.54, 1.807) is 25.2 Å². The summed E-state index contributed by atoms with van der Waals surface area (Å²) in [6.45, 7) is 3.18. The quantitative estimate of drug-likeness (QED) is 0.447. The van der Waals surface area contributed by atoms with Crippen molar-refractivity contribution in [1.29, 1.82) is 0 Å². The van der Waals surface area contributed by atoms with Gasteiger partial charge in [-0.1, -0.05) is 12.1 Å². The number of primary amides is 1. The van der Waals surface area contributed by atoms with Gasteiger partial charge in [-0.25, -0.2) is 9.59 Å². The molecule has 3 aromatic rings. The van der Waals surface area contributed by atoms with Gasteiger partial charge < -0.3 is 16.0 Å². The Morgan fingerprint density at radius 3 is 2.42 bits per heavy atom. The van der Waals surface area contributed by atoms with Crippen LogP contribution in [0.2, 0.25) is 0 Å². The molecule has 1 saturated heterocycles. The summed E-state index contributed by atoms with van der Waals surface area (Å²) in [4.78, 5) is 63.6. The van der Waals surface area contributed by atoms with Crippen LogP contribution in [-0.4, -0.2) is 50.4 Å². The molecule has 1 aliphatic carbocycles. The molecule has 11 nitrogen and oxygen atoms in total. The Bertz CT molecular complexity index is 1550. The molecule has 1 fully saturated rings. The first kappa shape index (κ1) is 23.3. The summed E-state index contributed by atoms with van der Waals surface area (Å²) in [6, 6.07) is 8.63. The molecule has 1 aliphatic heterocycles. The molecule has 36 heavy (non-hydrogen) atoms. The number of amides is 5. The summed E-state index contributed by atoms with van der Waals surface area (Å²) in [5.41, 5.74) is 9.05. The standard InChI is InChI=1S/C25H26N6O5/c1-13-6-14(2)21-18(7-13)30(24(36)31(21)11-19(26)32)12-20(33)27-17-5-4-15-9-25(10-16(15)8-17)22(34)28-23(35)29(25)3/h4-8H,9-12H2,1-3H3,(H2,26,32)(H,27,33)(H,28,34,35). The number of imide groups is 1. The number of aromatic nitrogens is 2. The number of aryl methyl sites for hydroxylation is 2. The summed E-state index contributed by atoms with van der Waals surface area (Å²) in [6.07, 6.45) is 0.747.